The molecule has 0 radical (unpaired) electrons. The number of amidine groups is 2. The van der Waals surface area contributed by atoms with E-state index in [1.807, 2.05) is 0 Å². The molecule has 3 aliphatic carbocycles. The van der Waals surface area contributed by atoms with Crippen molar-refractivity contribution in [3.8, 4) is 33.4 Å². The summed E-state index contributed by atoms with van der Waals surface area (Å²) in [5.41, 5.74) is 20.7. The lowest BCUT2D eigenvalue weighted by Crippen LogP contribution is -2.40. The number of nitrogens with one attached hydrogen (secondary N) is 1. The van der Waals surface area contributed by atoms with Crippen molar-refractivity contribution in [1.29, 1.82) is 0 Å². The minimum Gasteiger partial charge on any atom is -0.344 e. The molecule has 3 heteroatoms. The topological polar surface area (TPSA) is 36.8 Å². The van der Waals surface area contributed by atoms with Gasteiger partial charge in [-0.15, -0.1) is 0 Å². The third-order valence-corrected chi connectivity index (χ3v) is 14.2. The molecule has 8 aromatic rings. The molecule has 292 valence electrons. The molecule has 1 aliphatic heterocycles. The first-order chi connectivity index (χ1) is 29.8. The van der Waals surface area contributed by atoms with E-state index in [-0.39, 0.29) is 17.0 Å². The standard InChI is InChI=1S/C58H45N3/c1-56(2)44-26-12-10-22-39(44)40-34-33-37(35-51(40)56)54-59-53(36-19-6-5-7-20-36)60-55(61-54)42-23-9-8-21-38(42)41-25-18-32-50-52(41)43-24-11-13-27-45(43)58(50)48-30-16-14-28-46(48)57(3,4)47-29-15-17-31-49(47)58/h5-35,54H,1-4H3,(H,59,60,61). The molecule has 1 spiro atoms. The van der Waals surface area contributed by atoms with Gasteiger partial charge in [0.25, 0.3) is 0 Å². The number of hydrogen-bond acceptors (Lipinski definition) is 3. The largest absolute Gasteiger partial charge is 0.344 e. The van der Waals surface area contributed by atoms with Gasteiger partial charge >= 0.3 is 0 Å². The van der Waals surface area contributed by atoms with E-state index in [1.54, 1.807) is 0 Å². The molecule has 0 fully saturated rings. The smallest absolute Gasteiger partial charge is 0.160 e. The maximum absolute atomic E-state index is 5.52. The lowest BCUT2D eigenvalue weighted by molar-refractivity contribution is 0.563. The van der Waals surface area contributed by atoms with Crippen molar-refractivity contribution < 1.29 is 0 Å². The first-order valence-electron chi connectivity index (χ1n) is 21.5. The maximum atomic E-state index is 5.52. The Hall–Kier alpha value is -7.10. The second-order valence-corrected chi connectivity index (χ2v) is 18.1. The van der Waals surface area contributed by atoms with Crippen molar-refractivity contribution in [3.63, 3.8) is 0 Å². The van der Waals surface area contributed by atoms with Gasteiger partial charge in [0.05, 0.1) is 5.41 Å². The van der Waals surface area contributed by atoms with Crippen molar-refractivity contribution in [2.45, 2.75) is 50.1 Å². The Morgan fingerprint density at radius 3 is 1.61 bits per heavy atom. The summed E-state index contributed by atoms with van der Waals surface area (Å²) in [6.45, 7) is 9.44. The van der Waals surface area contributed by atoms with Crippen molar-refractivity contribution in [1.82, 2.24) is 5.32 Å². The summed E-state index contributed by atoms with van der Waals surface area (Å²) in [5.74, 6) is 1.53. The molecule has 1 N–H and O–H groups in total. The van der Waals surface area contributed by atoms with Crippen LogP contribution in [0.4, 0.5) is 0 Å². The minimum atomic E-state index is -0.476. The molecule has 1 unspecified atom stereocenters. The number of benzene rings is 8. The van der Waals surface area contributed by atoms with Gasteiger partial charge < -0.3 is 5.32 Å². The molecule has 0 bridgehead atoms. The summed E-state index contributed by atoms with van der Waals surface area (Å²) in [7, 11) is 0. The first kappa shape index (κ1) is 35.8. The molecule has 61 heavy (non-hydrogen) atoms. The molecular weight excluding hydrogens is 739 g/mol. The molecule has 3 nitrogen and oxygen atoms in total. The van der Waals surface area contributed by atoms with Crippen LogP contribution in [0, 0.1) is 0 Å². The van der Waals surface area contributed by atoms with Gasteiger partial charge in [-0.2, -0.15) is 0 Å². The third kappa shape index (κ3) is 4.92. The van der Waals surface area contributed by atoms with Gasteiger partial charge in [0.15, 0.2) is 5.84 Å². The van der Waals surface area contributed by atoms with Crippen LogP contribution in [0.2, 0.25) is 0 Å². The highest BCUT2D eigenvalue weighted by molar-refractivity contribution is 6.16. The summed E-state index contributed by atoms with van der Waals surface area (Å²) in [4.78, 5) is 10.9. The van der Waals surface area contributed by atoms with Crippen LogP contribution in [0.5, 0.6) is 0 Å². The Balaban J connectivity index is 1.07. The van der Waals surface area contributed by atoms with Crippen LogP contribution in [0.25, 0.3) is 33.4 Å². The maximum Gasteiger partial charge on any atom is 0.160 e. The fraction of sp³-hybridized carbons (Fsp3) is 0.138. The molecule has 0 saturated carbocycles. The summed E-state index contributed by atoms with van der Waals surface area (Å²) >= 11 is 0. The predicted molar refractivity (Wildman–Crippen MR) is 251 cm³/mol. The van der Waals surface area contributed by atoms with E-state index < -0.39 is 5.41 Å². The first-order valence-corrected chi connectivity index (χ1v) is 21.5. The average molecular weight is 784 g/mol. The van der Waals surface area contributed by atoms with E-state index in [0.29, 0.717) is 0 Å². The minimum absolute atomic E-state index is 0.122. The highest BCUT2D eigenvalue weighted by atomic mass is 15.2. The van der Waals surface area contributed by atoms with Gasteiger partial charge in [0.1, 0.15) is 12.0 Å². The SMILES string of the molecule is CC1(C)c2ccccc2-c2ccc(C3N=C(c4ccccc4-c4cccc5c4-c4ccccc4C54c5ccccc5C(C)(C)c5ccccc54)N=C(c4ccccc4)N3)cc21. The van der Waals surface area contributed by atoms with Crippen molar-refractivity contribution >= 4 is 11.7 Å². The average Bonchev–Trinajstić information content (AvgIpc) is 3.74. The van der Waals surface area contributed by atoms with Gasteiger partial charge in [0, 0.05) is 22.0 Å². The number of hydrogen-bond donors (Lipinski definition) is 1. The second-order valence-electron chi connectivity index (χ2n) is 18.1. The molecule has 4 aliphatic rings. The Kier molecular flexibility index (Phi) is 7.60. The Bertz CT molecular complexity index is 3130. The second kappa shape index (κ2) is 12.9. The lowest BCUT2D eigenvalue weighted by Gasteiger charge is -2.46. The Morgan fingerprint density at radius 2 is 0.902 bits per heavy atom. The van der Waals surface area contributed by atoms with Crippen LogP contribution in [-0.4, -0.2) is 11.7 Å². The zero-order valence-electron chi connectivity index (χ0n) is 34.9. The number of rotatable bonds is 4. The fourth-order valence-corrected chi connectivity index (χ4v) is 11.4. The summed E-state index contributed by atoms with van der Waals surface area (Å²) < 4.78 is 0. The molecule has 8 aromatic carbocycles. The van der Waals surface area contributed by atoms with Crippen LogP contribution < -0.4 is 5.32 Å². The van der Waals surface area contributed by atoms with Gasteiger partial charge in [-0.3, -0.25) is 0 Å². The quantitative estimate of drug-likeness (QED) is 0.190. The van der Waals surface area contributed by atoms with E-state index >= 15 is 0 Å². The van der Waals surface area contributed by atoms with Gasteiger partial charge in [-0.1, -0.05) is 216 Å². The number of aliphatic imine (C=N–C) groups is 2. The van der Waals surface area contributed by atoms with E-state index in [9.17, 15) is 0 Å². The van der Waals surface area contributed by atoms with Crippen molar-refractivity contribution in [3.05, 3.63) is 249 Å². The Morgan fingerprint density at radius 1 is 0.393 bits per heavy atom. The molecule has 1 atom stereocenters. The van der Waals surface area contributed by atoms with Crippen LogP contribution in [0.3, 0.4) is 0 Å². The predicted octanol–water partition coefficient (Wildman–Crippen LogP) is 13.2. The molecule has 0 amide bonds. The summed E-state index contributed by atoms with van der Waals surface area (Å²) in [5, 5.41) is 3.77. The molecular formula is C58H45N3. The van der Waals surface area contributed by atoms with Gasteiger partial charge in [0.2, 0.25) is 0 Å². The van der Waals surface area contributed by atoms with E-state index in [2.05, 4.69) is 221 Å². The molecule has 0 saturated heterocycles. The number of nitrogens with zero attached hydrogens (tertiary/aromatic N) is 2. The van der Waals surface area contributed by atoms with E-state index in [4.69, 9.17) is 9.98 Å². The lowest BCUT2D eigenvalue weighted by atomic mass is 9.55. The van der Waals surface area contributed by atoms with Crippen LogP contribution in [-0.2, 0) is 16.2 Å². The monoisotopic (exact) mass is 783 g/mol. The van der Waals surface area contributed by atoms with Crippen molar-refractivity contribution in [2.75, 3.05) is 0 Å². The van der Waals surface area contributed by atoms with Crippen molar-refractivity contribution in [2.24, 2.45) is 9.98 Å². The van der Waals surface area contributed by atoms with Gasteiger partial charge in [-0.25, -0.2) is 9.98 Å². The Labute approximate surface area is 358 Å². The zero-order valence-corrected chi connectivity index (χ0v) is 34.9. The van der Waals surface area contributed by atoms with Crippen LogP contribution in [0.1, 0.15) is 95.1 Å². The normalized spacial score (nSPS) is 17.7. The molecule has 1 heterocycles. The highest BCUT2D eigenvalue weighted by Crippen LogP contribution is 2.63. The van der Waals surface area contributed by atoms with E-state index in [1.165, 1.54) is 72.3 Å². The fourth-order valence-electron chi connectivity index (χ4n) is 11.4. The number of fused-ring (bicyclic) bond motifs is 12. The summed E-state index contributed by atoms with van der Waals surface area (Å²) in [6.07, 6.45) is -0.343. The summed E-state index contributed by atoms with van der Waals surface area (Å²) in [6, 6.07) is 69.3. The zero-order chi connectivity index (χ0) is 41.1. The molecule has 12 rings (SSSR count). The van der Waals surface area contributed by atoms with Gasteiger partial charge in [-0.05, 0) is 83.5 Å². The van der Waals surface area contributed by atoms with Crippen LogP contribution in [0.15, 0.2) is 198 Å². The third-order valence-electron chi connectivity index (χ3n) is 14.2. The van der Waals surface area contributed by atoms with Crippen LogP contribution >= 0.6 is 0 Å². The van der Waals surface area contributed by atoms with E-state index in [0.717, 1.165) is 33.9 Å². The highest BCUT2D eigenvalue weighted by Gasteiger charge is 2.53. The molecule has 0 aromatic heterocycles.